The van der Waals surface area contributed by atoms with Gasteiger partial charge in [0.2, 0.25) is 0 Å². The van der Waals surface area contributed by atoms with Gasteiger partial charge in [0, 0.05) is 0 Å². The van der Waals surface area contributed by atoms with Crippen molar-refractivity contribution in [2.75, 3.05) is 12.1 Å². The molecule has 15 heavy (non-hydrogen) atoms. The quantitative estimate of drug-likeness (QED) is 0.558. The average Bonchev–Trinajstić information content (AvgIpc) is 2.25. The van der Waals surface area contributed by atoms with Crippen LogP contribution in [0, 0.1) is 0 Å². The molecule has 1 aromatic carbocycles. The molecule has 0 bridgehead atoms. The standard InChI is InChI=1S/C11H15NO3/c1-2-3-8-15-12-10-7-5-4-6-9(10)11(13)14/h4-7,12H,2-3,8H2,1H3,(H,13,14). The number of benzene rings is 1. The second kappa shape index (κ2) is 6.03. The topological polar surface area (TPSA) is 58.6 Å². The summed E-state index contributed by atoms with van der Waals surface area (Å²) in [6.07, 6.45) is 1.99. The summed E-state index contributed by atoms with van der Waals surface area (Å²) in [5.74, 6) is -0.961. The lowest BCUT2D eigenvalue weighted by atomic mass is 10.2. The van der Waals surface area contributed by atoms with E-state index in [0.717, 1.165) is 12.8 Å². The van der Waals surface area contributed by atoms with E-state index in [2.05, 4.69) is 12.4 Å². The number of aromatic carboxylic acids is 1. The van der Waals surface area contributed by atoms with Gasteiger partial charge in [0.1, 0.15) is 0 Å². The fraction of sp³-hybridized carbons (Fsp3) is 0.364. The number of carboxylic acid groups (broad SMARTS) is 1. The molecule has 0 aliphatic carbocycles. The van der Waals surface area contributed by atoms with E-state index in [1.165, 1.54) is 6.07 Å². The fourth-order valence-corrected chi connectivity index (χ4v) is 1.10. The summed E-state index contributed by atoms with van der Waals surface area (Å²) in [5.41, 5.74) is 3.35. The van der Waals surface area contributed by atoms with E-state index in [9.17, 15) is 4.79 Å². The Bertz CT molecular complexity index is 325. The van der Waals surface area contributed by atoms with Gasteiger partial charge in [-0.1, -0.05) is 25.5 Å². The van der Waals surface area contributed by atoms with Crippen LogP contribution in [-0.2, 0) is 4.84 Å². The molecular formula is C11H15NO3. The van der Waals surface area contributed by atoms with Crippen LogP contribution in [0.2, 0.25) is 0 Å². The summed E-state index contributed by atoms with van der Waals surface area (Å²) in [6.45, 7) is 2.64. The summed E-state index contributed by atoms with van der Waals surface area (Å²) in [6, 6.07) is 6.65. The number of anilines is 1. The fourth-order valence-electron chi connectivity index (χ4n) is 1.10. The van der Waals surface area contributed by atoms with Gasteiger partial charge in [0.05, 0.1) is 17.9 Å². The highest BCUT2D eigenvalue weighted by Crippen LogP contribution is 2.14. The smallest absolute Gasteiger partial charge is 0.337 e. The Balaban J connectivity index is 2.56. The Morgan fingerprint density at radius 3 is 2.87 bits per heavy atom. The number of rotatable bonds is 6. The van der Waals surface area contributed by atoms with Gasteiger partial charge in [-0.25, -0.2) is 4.79 Å². The van der Waals surface area contributed by atoms with E-state index >= 15 is 0 Å². The SMILES string of the molecule is CCCCONc1ccccc1C(=O)O. The van der Waals surface area contributed by atoms with Crippen LogP contribution in [0.1, 0.15) is 30.1 Å². The van der Waals surface area contributed by atoms with Crippen LogP contribution in [0.15, 0.2) is 24.3 Å². The highest BCUT2D eigenvalue weighted by atomic mass is 16.6. The molecule has 0 saturated heterocycles. The Kier molecular flexibility index (Phi) is 4.63. The Labute approximate surface area is 88.8 Å². The lowest BCUT2D eigenvalue weighted by Gasteiger charge is -2.08. The molecule has 0 aromatic heterocycles. The van der Waals surface area contributed by atoms with Crippen molar-refractivity contribution in [1.82, 2.24) is 0 Å². The van der Waals surface area contributed by atoms with E-state index in [0.29, 0.717) is 12.3 Å². The molecule has 0 fully saturated rings. The highest BCUT2D eigenvalue weighted by Gasteiger charge is 2.07. The van der Waals surface area contributed by atoms with Gasteiger partial charge in [-0.15, -0.1) is 0 Å². The molecule has 82 valence electrons. The van der Waals surface area contributed by atoms with Gasteiger partial charge in [0.25, 0.3) is 0 Å². The van der Waals surface area contributed by atoms with Crippen LogP contribution < -0.4 is 5.48 Å². The van der Waals surface area contributed by atoms with Crippen molar-refractivity contribution >= 4 is 11.7 Å². The lowest BCUT2D eigenvalue weighted by molar-refractivity contribution is 0.0696. The molecule has 0 saturated carbocycles. The lowest BCUT2D eigenvalue weighted by Crippen LogP contribution is -2.07. The number of unbranched alkanes of at least 4 members (excludes halogenated alkanes) is 1. The van der Waals surface area contributed by atoms with Crippen molar-refractivity contribution in [3.05, 3.63) is 29.8 Å². The summed E-state index contributed by atoms with van der Waals surface area (Å²) >= 11 is 0. The summed E-state index contributed by atoms with van der Waals surface area (Å²) < 4.78 is 0. The normalized spacial score (nSPS) is 9.93. The van der Waals surface area contributed by atoms with Gasteiger partial charge < -0.3 is 5.11 Å². The number of carboxylic acids is 1. The molecule has 4 nitrogen and oxygen atoms in total. The van der Waals surface area contributed by atoms with Crippen LogP contribution in [0.4, 0.5) is 5.69 Å². The van der Waals surface area contributed by atoms with E-state index in [1.807, 2.05) is 0 Å². The third-order valence-corrected chi connectivity index (χ3v) is 1.94. The monoisotopic (exact) mass is 209 g/mol. The van der Waals surface area contributed by atoms with Crippen LogP contribution in [0.5, 0.6) is 0 Å². The van der Waals surface area contributed by atoms with Crippen molar-refractivity contribution in [3.63, 3.8) is 0 Å². The predicted molar refractivity (Wildman–Crippen MR) is 57.9 cm³/mol. The second-order valence-electron chi connectivity index (χ2n) is 3.15. The zero-order valence-corrected chi connectivity index (χ0v) is 8.69. The Morgan fingerprint density at radius 1 is 1.47 bits per heavy atom. The molecule has 0 amide bonds. The number of nitrogens with one attached hydrogen (secondary N) is 1. The first-order chi connectivity index (χ1) is 7.25. The Hall–Kier alpha value is -1.55. The Morgan fingerprint density at radius 2 is 2.20 bits per heavy atom. The van der Waals surface area contributed by atoms with Crippen LogP contribution in [0.25, 0.3) is 0 Å². The molecule has 0 radical (unpaired) electrons. The summed E-state index contributed by atoms with van der Waals surface area (Å²) in [7, 11) is 0. The average molecular weight is 209 g/mol. The van der Waals surface area contributed by atoms with Gasteiger partial charge in [-0.05, 0) is 18.6 Å². The van der Waals surface area contributed by atoms with Crippen LogP contribution >= 0.6 is 0 Å². The molecule has 0 aliphatic heterocycles. The number of para-hydroxylation sites is 1. The summed E-state index contributed by atoms with van der Waals surface area (Å²) in [4.78, 5) is 16.0. The third kappa shape index (κ3) is 3.59. The first-order valence-corrected chi connectivity index (χ1v) is 4.95. The number of carbonyl (C=O) groups is 1. The molecule has 0 aliphatic rings. The zero-order chi connectivity index (χ0) is 11.1. The van der Waals surface area contributed by atoms with Gasteiger partial charge in [-0.2, -0.15) is 0 Å². The number of hydrogen-bond donors (Lipinski definition) is 2. The molecule has 0 heterocycles. The first-order valence-electron chi connectivity index (χ1n) is 4.95. The first kappa shape index (κ1) is 11.5. The van der Waals surface area contributed by atoms with Crippen LogP contribution in [0.3, 0.4) is 0 Å². The molecule has 2 N–H and O–H groups in total. The van der Waals surface area contributed by atoms with Gasteiger partial charge in [0.15, 0.2) is 0 Å². The van der Waals surface area contributed by atoms with E-state index in [-0.39, 0.29) is 5.56 Å². The van der Waals surface area contributed by atoms with Crippen molar-refractivity contribution in [2.45, 2.75) is 19.8 Å². The zero-order valence-electron chi connectivity index (χ0n) is 8.69. The molecule has 4 heteroatoms. The predicted octanol–water partition coefficient (Wildman–Crippen LogP) is 2.53. The molecule has 1 rings (SSSR count). The van der Waals surface area contributed by atoms with E-state index < -0.39 is 5.97 Å². The van der Waals surface area contributed by atoms with Crippen molar-refractivity contribution in [1.29, 1.82) is 0 Å². The molecule has 0 unspecified atom stereocenters. The maximum absolute atomic E-state index is 10.8. The van der Waals surface area contributed by atoms with Gasteiger partial charge >= 0.3 is 5.97 Å². The molecular weight excluding hydrogens is 194 g/mol. The largest absolute Gasteiger partial charge is 0.478 e. The highest BCUT2D eigenvalue weighted by molar-refractivity contribution is 5.93. The minimum absolute atomic E-state index is 0.217. The minimum atomic E-state index is -0.961. The minimum Gasteiger partial charge on any atom is -0.478 e. The maximum atomic E-state index is 10.8. The van der Waals surface area contributed by atoms with Crippen LogP contribution in [-0.4, -0.2) is 17.7 Å². The number of hydrogen-bond acceptors (Lipinski definition) is 3. The molecule has 0 spiro atoms. The van der Waals surface area contributed by atoms with E-state index in [1.54, 1.807) is 18.2 Å². The van der Waals surface area contributed by atoms with Crippen molar-refractivity contribution in [2.24, 2.45) is 0 Å². The van der Waals surface area contributed by atoms with Crippen molar-refractivity contribution in [3.8, 4) is 0 Å². The van der Waals surface area contributed by atoms with E-state index in [4.69, 9.17) is 9.94 Å². The maximum Gasteiger partial charge on any atom is 0.337 e. The molecule has 0 atom stereocenters. The van der Waals surface area contributed by atoms with Gasteiger partial charge in [-0.3, -0.25) is 10.3 Å². The molecule has 1 aromatic rings. The van der Waals surface area contributed by atoms with Crippen molar-refractivity contribution < 1.29 is 14.7 Å². The third-order valence-electron chi connectivity index (χ3n) is 1.94. The second-order valence-corrected chi connectivity index (χ2v) is 3.15. The summed E-state index contributed by atoms with van der Waals surface area (Å²) in [5, 5.41) is 8.87.